The van der Waals surface area contributed by atoms with Crippen LogP contribution in [0.25, 0.3) is 0 Å². The van der Waals surface area contributed by atoms with E-state index >= 15 is 0 Å². The Labute approximate surface area is 128 Å². The summed E-state index contributed by atoms with van der Waals surface area (Å²) in [5.74, 6) is 0.317. The standard InChI is InChI=1S/C16H29N3O2/c20-16(11-14-13-21-10-6-17-14)19-9-4-5-15(19)12-18-7-2-1-3-8-18/h14-15,17H,1-13H2. The minimum Gasteiger partial charge on any atom is -0.378 e. The summed E-state index contributed by atoms with van der Waals surface area (Å²) in [6.07, 6.45) is 6.96. The molecule has 0 radical (unpaired) electrons. The molecule has 2 unspecified atom stereocenters. The van der Waals surface area contributed by atoms with Crippen LogP contribution in [-0.2, 0) is 9.53 Å². The van der Waals surface area contributed by atoms with E-state index in [1.54, 1.807) is 0 Å². The van der Waals surface area contributed by atoms with E-state index in [-0.39, 0.29) is 6.04 Å². The van der Waals surface area contributed by atoms with Crippen molar-refractivity contribution < 1.29 is 9.53 Å². The molecule has 1 amide bonds. The lowest BCUT2D eigenvalue weighted by molar-refractivity contribution is -0.133. The maximum Gasteiger partial charge on any atom is 0.224 e. The van der Waals surface area contributed by atoms with E-state index in [2.05, 4.69) is 15.1 Å². The van der Waals surface area contributed by atoms with Gasteiger partial charge in [0.25, 0.3) is 0 Å². The molecule has 0 bridgehead atoms. The Morgan fingerprint density at radius 1 is 1.14 bits per heavy atom. The normalized spacial score (nSPS) is 31.5. The number of hydrogen-bond acceptors (Lipinski definition) is 4. The van der Waals surface area contributed by atoms with Crippen LogP contribution in [0.3, 0.4) is 0 Å². The Kier molecular flexibility index (Phi) is 5.49. The van der Waals surface area contributed by atoms with E-state index < -0.39 is 0 Å². The van der Waals surface area contributed by atoms with Gasteiger partial charge >= 0.3 is 0 Å². The van der Waals surface area contributed by atoms with E-state index in [1.807, 2.05) is 0 Å². The second-order valence-corrected chi connectivity index (χ2v) is 6.67. The average Bonchev–Trinajstić information content (AvgIpc) is 2.97. The van der Waals surface area contributed by atoms with E-state index in [0.29, 0.717) is 25.0 Å². The highest BCUT2D eigenvalue weighted by Gasteiger charge is 2.31. The van der Waals surface area contributed by atoms with Crippen molar-refractivity contribution in [3.05, 3.63) is 0 Å². The second-order valence-electron chi connectivity index (χ2n) is 6.67. The fraction of sp³-hybridized carbons (Fsp3) is 0.938. The van der Waals surface area contributed by atoms with Gasteiger partial charge < -0.3 is 19.9 Å². The number of carbonyl (C=O) groups excluding carboxylic acids is 1. The van der Waals surface area contributed by atoms with Crippen molar-refractivity contribution in [3.8, 4) is 0 Å². The van der Waals surface area contributed by atoms with Crippen molar-refractivity contribution in [2.45, 2.75) is 50.6 Å². The molecule has 0 saturated carbocycles. The number of morpholine rings is 1. The molecule has 3 fully saturated rings. The number of likely N-dealkylation sites (tertiary alicyclic amines) is 2. The van der Waals surface area contributed by atoms with Gasteiger partial charge in [-0.15, -0.1) is 0 Å². The molecule has 5 heteroatoms. The first-order valence-electron chi connectivity index (χ1n) is 8.66. The molecule has 0 aromatic rings. The predicted octanol–water partition coefficient (Wildman–Crippen LogP) is 0.842. The third kappa shape index (κ3) is 4.18. The van der Waals surface area contributed by atoms with Gasteiger partial charge in [0.1, 0.15) is 0 Å². The number of hydrogen-bond donors (Lipinski definition) is 1. The molecule has 0 aliphatic carbocycles. The monoisotopic (exact) mass is 295 g/mol. The number of ether oxygens (including phenoxy) is 1. The minimum absolute atomic E-state index is 0.211. The molecular formula is C16H29N3O2. The first-order valence-corrected chi connectivity index (χ1v) is 8.66. The van der Waals surface area contributed by atoms with E-state index in [1.165, 1.54) is 45.2 Å². The van der Waals surface area contributed by atoms with Crippen molar-refractivity contribution in [2.75, 3.05) is 45.9 Å². The zero-order chi connectivity index (χ0) is 14.5. The highest BCUT2D eigenvalue weighted by atomic mass is 16.5. The molecule has 0 aromatic carbocycles. The average molecular weight is 295 g/mol. The lowest BCUT2D eigenvalue weighted by atomic mass is 10.1. The van der Waals surface area contributed by atoms with Crippen LogP contribution >= 0.6 is 0 Å². The smallest absolute Gasteiger partial charge is 0.224 e. The second kappa shape index (κ2) is 7.56. The van der Waals surface area contributed by atoms with Gasteiger partial charge in [-0.1, -0.05) is 6.42 Å². The Balaban J connectivity index is 1.49. The number of rotatable bonds is 4. The van der Waals surface area contributed by atoms with Crippen LogP contribution in [0.1, 0.15) is 38.5 Å². The zero-order valence-electron chi connectivity index (χ0n) is 13.1. The summed E-state index contributed by atoms with van der Waals surface area (Å²) in [6, 6.07) is 0.655. The van der Waals surface area contributed by atoms with Crippen molar-refractivity contribution in [3.63, 3.8) is 0 Å². The Bertz CT molecular complexity index is 338. The molecule has 1 N–H and O–H groups in total. The van der Waals surface area contributed by atoms with Gasteiger partial charge in [0, 0.05) is 38.1 Å². The van der Waals surface area contributed by atoms with E-state index in [4.69, 9.17) is 4.74 Å². The maximum atomic E-state index is 12.6. The van der Waals surface area contributed by atoms with Crippen molar-refractivity contribution in [2.24, 2.45) is 0 Å². The van der Waals surface area contributed by atoms with Gasteiger partial charge in [-0.05, 0) is 38.8 Å². The first kappa shape index (κ1) is 15.3. The highest BCUT2D eigenvalue weighted by Crippen LogP contribution is 2.21. The van der Waals surface area contributed by atoms with Gasteiger partial charge in [-0.2, -0.15) is 0 Å². The molecule has 0 spiro atoms. The van der Waals surface area contributed by atoms with Crippen LogP contribution in [0.4, 0.5) is 0 Å². The Morgan fingerprint density at radius 2 is 2.00 bits per heavy atom. The fourth-order valence-corrected chi connectivity index (χ4v) is 3.87. The lowest BCUT2D eigenvalue weighted by Gasteiger charge is -2.34. The largest absolute Gasteiger partial charge is 0.378 e. The zero-order valence-corrected chi connectivity index (χ0v) is 13.1. The number of nitrogens with one attached hydrogen (secondary N) is 1. The summed E-state index contributed by atoms with van der Waals surface area (Å²) >= 11 is 0. The molecule has 21 heavy (non-hydrogen) atoms. The topological polar surface area (TPSA) is 44.8 Å². The molecule has 3 saturated heterocycles. The van der Waals surface area contributed by atoms with Crippen LogP contribution in [0.2, 0.25) is 0 Å². The van der Waals surface area contributed by atoms with Gasteiger partial charge in [0.15, 0.2) is 0 Å². The number of carbonyl (C=O) groups is 1. The third-order valence-corrected chi connectivity index (χ3v) is 5.03. The van der Waals surface area contributed by atoms with Crippen LogP contribution in [0.15, 0.2) is 0 Å². The molecule has 3 aliphatic heterocycles. The fourth-order valence-electron chi connectivity index (χ4n) is 3.87. The summed E-state index contributed by atoms with van der Waals surface area (Å²) in [5, 5.41) is 3.39. The van der Waals surface area contributed by atoms with Crippen LogP contribution in [0, 0.1) is 0 Å². The lowest BCUT2D eigenvalue weighted by Crippen LogP contribution is -2.48. The number of amides is 1. The van der Waals surface area contributed by atoms with E-state index in [0.717, 1.165) is 26.2 Å². The van der Waals surface area contributed by atoms with Crippen LogP contribution in [0.5, 0.6) is 0 Å². The summed E-state index contributed by atoms with van der Waals surface area (Å²) in [4.78, 5) is 17.3. The predicted molar refractivity (Wildman–Crippen MR) is 82.3 cm³/mol. The summed E-state index contributed by atoms with van der Waals surface area (Å²) in [6.45, 7) is 6.79. The molecule has 2 atom stereocenters. The Hall–Kier alpha value is -0.650. The minimum atomic E-state index is 0.211. The van der Waals surface area contributed by atoms with Gasteiger partial charge in [-0.3, -0.25) is 4.79 Å². The van der Waals surface area contributed by atoms with Crippen molar-refractivity contribution in [1.82, 2.24) is 15.1 Å². The number of piperidine rings is 1. The molecule has 3 rings (SSSR count). The van der Waals surface area contributed by atoms with Gasteiger partial charge in [0.05, 0.1) is 13.2 Å². The molecular weight excluding hydrogens is 266 g/mol. The van der Waals surface area contributed by atoms with Crippen LogP contribution in [-0.4, -0.2) is 73.7 Å². The molecule has 0 aromatic heterocycles. The summed E-state index contributed by atoms with van der Waals surface area (Å²) in [5.41, 5.74) is 0. The molecule has 3 heterocycles. The SMILES string of the molecule is O=C(CC1COCCN1)N1CCCC1CN1CCCCC1. The molecule has 120 valence electrons. The maximum absolute atomic E-state index is 12.6. The first-order chi connectivity index (χ1) is 10.3. The van der Waals surface area contributed by atoms with Crippen LogP contribution < -0.4 is 5.32 Å². The number of nitrogens with zero attached hydrogens (tertiary/aromatic N) is 2. The Morgan fingerprint density at radius 3 is 2.76 bits per heavy atom. The van der Waals surface area contributed by atoms with Gasteiger partial charge in [0.2, 0.25) is 5.91 Å². The quantitative estimate of drug-likeness (QED) is 0.835. The summed E-state index contributed by atoms with van der Waals surface area (Å²) < 4.78 is 5.45. The summed E-state index contributed by atoms with van der Waals surface area (Å²) in [7, 11) is 0. The molecule has 3 aliphatic rings. The molecule has 5 nitrogen and oxygen atoms in total. The van der Waals surface area contributed by atoms with E-state index in [9.17, 15) is 4.79 Å². The third-order valence-electron chi connectivity index (χ3n) is 5.03. The van der Waals surface area contributed by atoms with Crippen molar-refractivity contribution in [1.29, 1.82) is 0 Å². The highest BCUT2D eigenvalue weighted by molar-refractivity contribution is 5.77. The van der Waals surface area contributed by atoms with Gasteiger partial charge in [-0.25, -0.2) is 0 Å². The van der Waals surface area contributed by atoms with Crippen molar-refractivity contribution >= 4 is 5.91 Å².